The van der Waals surface area contributed by atoms with Gasteiger partial charge in [0.25, 0.3) is 0 Å². The number of carbonyl (C=O) groups is 1. The van der Waals surface area contributed by atoms with E-state index in [0.717, 1.165) is 30.0 Å². The average molecular weight is 351 g/mol. The van der Waals surface area contributed by atoms with E-state index in [1.165, 1.54) is 25.7 Å². The summed E-state index contributed by atoms with van der Waals surface area (Å²) in [5.74, 6) is 1.08. The van der Waals surface area contributed by atoms with Gasteiger partial charge in [-0.15, -0.1) is 0 Å². The predicted molar refractivity (Wildman–Crippen MR) is 106 cm³/mol. The predicted octanol–water partition coefficient (Wildman–Crippen LogP) is 4.06. The number of nitrogens with zero attached hydrogens (tertiary/aromatic N) is 2. The second-order valence-electron chi connectivity index (χ2n) is 7.60. The van der Waals surface area contributed by atoms with E-state index in [9.17, 15) is 4.79 Å². The van der Waals surface area contributed by atoms with Crippen molar-refractivity contribution in [2.24, 2.45) is 0 Å². The first-order chi connectivity index (χ1) is 12.6. The number of rotatable bonds is 5. The molecule has 0 unspecified atom stereocenters. The molecule has 1 aromatic heterocycles. The van der Waals surface area contributed by atoms with Crippen molar-refractivity contribution in [2.45, 2.75) is 51.5 Å². The Labute approximate surface area is 156 Å². The molecule has 2 aromatic rings. The van der Waals surface area contributed by atoms with Crippen molar-refractivity contribution in [3.8, 4) is 0 Å². The summed E-state index contributed by atoms with van der Waals surface area (Å²) >= 11 is 0. The number of nitrogens with one attached hydrogen (secondary N) is 1. The molecule has 1 N–H and O–H groups in total. The summed E-state index contributed by atoms with van der Waals surface area (Å²) in [6.45, 7) is 6.60. The smallest absolute Gasteiger partial charge is 0.230 e. The van der Waals surface area contributed by atoms with Crippen molar-refractivity contribution in [3.05, 3.63) is 59.8 Å². The maximum atomic E-state index is 12.7. The molecule has 0 aliphatic carbocycles. The number of hydrogen-bond donors (Lipinski definition) is 1. The van der Waals surface area contributed by atoms with Gasteiger partial charge in [-0.1, -0.05) is 49.2 Å². The van der Waals surface area contributed by atoms with Crippen LogP contribution in [0.25, 0.3) is 0 Å². The van der Waals surface area contributed by atoms with E-state index in [4.69, 9.17) is 0 Å². The summed E-state index contributed by atoms with van der Waals surface area (Å²) in [6, 6.07) is 14.0. The number of carbonyl (C=O) groups excluding carboxylic acids is 1. The maximum absolute atomic E-state index is 12.7. The van der Waals surface area contributed by atoms with Gasteiger partial charge in [0.2, 0.25) is 5.91 Å². The van der Waals surface area contributed by atoms with Gasteiger partial charge in [0.15, 0.2) is 0 Å². The summed E-state index contributed by atoms with van der Waals surface area (Å²) in [4.78, 5) is 19.6. The van der Waals surface area contributed by atoms with E-state index < -0.39 is 5.41 Å². The van der Waals surface area contributed by atoms with Gasteiger partial charge in [-0.3, -0.25) is 4.79 Å². The number of hydrogen-bond acceptors (Lipinski definition) is 3. The molecule has 2 heterocycles. The zero-order valence-electron chi connectivity index (χ0n) is 15.9. The van der Waals surface area contributed by atoms with Crippen LogP contribution < -0.4 is 10.2 Å². The Morgan fingerprint density at radius 1 is 1.04 bits per heavy atom. The fourth-order valence-corrected chi connectivity index (χ4v) is 3.40. The molecule has 26 heavy (non-hydrogen) atoms. The van der Waals surface area contributed by atoms with Crippen molar-refractivity contribution >= 4 is 11.7 Å². The monoisotopic (exact) mass is 351 g/mol. The van der Waals surface area contributed by atoms with Crippen LogP contribution in [-0.4, -0.2) is 24.0 Å². The molecule has 0 spiro atoms. The van der Waals surface area contributed by atoms with Crippen molar-refractivity contribution in [1.82, 2.24) is 10.3 Å². The molecule has 1 fully saturated rings. The largest absolute Gasteiger partial charge is 0.357 e. The third-order valence-corrected chi connectivity index (χ3v) is 5.26. The van der Waals surface area contributed by atoms with Crippen LogP contribution in [0.4, 0.5) is 5.82 Å². The third-order valence-electron chi connectivity index (χ3n) is 5.26. The molecule has 0 atom stereocenters. The molecule has 1 aromatic carbocycles. The van der Waals surface area contributed by atoms with E-state index in [0.29, 0.717) is 6.54 Å². The van der Waals surface area contributed by atoms with Crippen LogP contribution in [0, 0.1) is 0 Å². The summed E-state index contributed by atoms with van der Waals surface area (Å²) in [7, 11) is 0. The van der Waals surface area contributed by atoms with Crippen LogP contribution in [0.15, 0.2) is 48.7 Å². The van der Waals surface area contributed by atoms with Crippen LogP contribution in [0.5, 0.6) is 0 Å². The Morgan fingerprint density at radius 2 is 1.73 bits per heavy atom. The molecule has 4 heteroatoms. The summed E-state index contributed by atoms with van der Waals surface area (Å²) in [5, 5.41) is 3.05. The molecule has 0 bridgehead atoms. The summed E-state index contributed by atoms with van der Waals surface area (Å²) in [6.07, 6.45) is 7.01. The van der Waals surface area contributed by atoms with Crippen LogP contribution in [0.2, 0.25) is 0 Å². The topological polar surface area (TPSA) is 45.2 Å². The van der Waals surface area contributed by atoms with Crippen LogP contribution in [-0.2, 0) is 16.8 Å². The average Bonchev–Trinajstić information content (AvgIpc) is 2.96. The molecular formula is C22H29N3O. The number of aromatic nitrogens is 1. The molecule has 1 aliphatic rings. The highest BCUT2D eigenvalue weighted by atomic mass is 16.2. The van der Waals surface area contributed by atoms with Crippen LogP contribution >= 0.6 is 0 Å². The highest BCUT2D eigenvalue weighted by Gasteiger charge is 2.29. The fraction of sp³-hybridized carbons (Fsp3) is 0.455. The molecule has 4 nitrogen and oxygen atoms in total. The second kappa shape index (κ2) is 8.35. The lowest BCUT2D eigenvalue weighted by molar-refractivity contribution is -0.125. The zero-order valence-corrected chi connectivity index (χ0v) is 15.9. The minimum absolute atomic E-state index is 0.0281. The molecule has 0 radical (unpaired) electrons. The van der Waals surface area contributed by atoms with E-state index in [2.05, 4.69) is 27.3 Å². The number of anilines is 1. The normalized spacial score (nSPS) is 15.4. The Kier molecular flexibility index (Phi) is 5.92. The number of amides is 1. The van der Waals surface area contributed by atoms with Crippen molar-refractivity contribution < 1.29 is 4.79 Å². The highest BCUT2D eigenvalue weighted by Crippen LogP contribution is 2.23. The van der Waals surface area contributed by atoms with E-state index in [-0.39, 0.29) is 5.91 Å². The van der Waals surface area contributed by atoms with Gasteiger partial charge >= 0.3 is 0 Å². The molecule has 1 saturated heterocycles. The van der Waals surface area contributed by atoms with Crippen molar-refractivity contribution in [3.63, 3.8) is 0 Å². The second-order valence-corrected chi connectivity index (χ2v) is 7.60. The maximum Gasteiger partial charge on any atom is 0.230 e. The van der Waals surface area contributed by atoms with Gasteiger partial charge in [0.1, 0.15) is 5.82 Å². The lowest BCUT2D eigenvalue weighted by Crippen LogP contribution is -2.39. The lowest BCUT2D eigenvalue weighted by Gasteiger charge is -2.24. The van der Waals surface area contributed by atoms with Crippen molar-refractivity contribution in [2.75, 3.05) is 18.0 Å². The van der Waals surface area contributed by atoms with E-state index in [1.54, 1.807) is 0 Å². The minimum Gasteiger partial charge on any atom is -0.357 e. The van der Waals surface area contributed by atoms with E-state index >= 15 is 0 Å². The van der Waals surface area contributed by atoms with E-state index in [1.807, 2.05) is 50.4 Å². The zero-order chi connectivity index (χ0) is 18.4. The van der Waals surface area contributed by atoms with Gasteiger partial charge in [0.05, 0.1) is 5.41 Å². The Hall–Kier alpha value is -2.36. The van der Waals surface area contributed by atoms with Gasteiger partial charge in [0, 0.05) is 25.8 Å². The van der Waals surface area contributed by atoms with Gasteiger partial charge < -0.3 is 10.2 Å². The first-order valence-corrected chi connectivity index (χ1v) is 9.61. The van der Waals surface area contributed by atoms with Gasteiger partial charge in [-0.25, -0.2) is 4.98 Å². The highest BCUT2D eigenvalue weighted by molar-refractivity contribution is 5.87. The first kappa shape index (κ1) is 18.4. The van der Waals surface area contributed by atoms with Crippen LogP contribution in [0.1, 0.15) is 50.7 Å². The van der Waals surface area contributed by atoms with Gasteiger partial charge in [-0.05, 0) is 43.9 Å². The molecule has 1 aliphatic heterocycles. The molecule has 3 rings (SSSR count). The van der Waals surface area contributed by atoms with Gasteiger partial charge in [-0.2, -0.15) is 0 Å². The molecule has 0 saturated carbocycles. The Morgan fingerprint density at radius 3 is 2.35 bits per heavy atom. The SMILES string of the molecule is CC(C)(C(=O)NCc1ccc(N2CCCCCC2)nc1)c1ccccc1. The van der Waals surface area contributed by atoms with Crippen molar-refractivity contribution in [1.29, 1.82) is 0 Å². The molecular weight excluding hydrogens is 322 g/mol. The Balaban J connectivity index is 1.58. The molecule has 1 amide bonds. The van der Waals surface area contributed by atoms with Crippen LogP contribution in [0.3, 0.4) is 0 Å². The lowest BCUT2D eigenvalue weighted by atomic mass is 9.84. The Bertz CT molecular complexity index is 702. The summed E-state index contributed by atoms with van der Waals surface area (Å²) in [5.41, 5.74) is 1.49. The number of pyridine rings is 1. The molecule has 138 valence electrons. The number of benzene rings is 1. The quantitative estimate of drug-likeness (QED) is 0.884. The fourth-order valence-electron chi connectivity index (χ4n) is 3.40. The summed E-state index contributed by atoms with van der Waals surface area (Å²) < 4.78 is 0. The standard InChI is InChI=1S/C22H29N3O/c1-22(2,19-10-6-5-7-11-19)21(26)24-17-18-12-13-20(23-16-18)25-14-8-3-4-9-15-25/h5-7,10-13,16H,3-4,8-9,14-15,17H2,1-2H3,(H,24,26). The minimum atomic E-state index is -0.555. The first-order valence-electron chi connectivity index (χ1n) is 9.61. The third kappa shape index (κ3) is 4.43.